The van der Waals surface area contributed by atoms with Crippen molar-refractivity contribution in [3.63, 3.8) is 0 Å². The SMILES string of the molecule is COc1ccc(NC(=O)CSC2=C(C#N)[C@H](c3cccs3)[C@@H](C(=O)Nc3ccccc3)C(C)=N2)cc1. The van der Waals surface area contributed by atoms with Crippen molar-refractivity contribution in [2.75, 3.05) is 23.5 Å². The zero-order valence-electron chi connectivity index (χ0n) is 19.7. The predicted molar refractivity (Wildman–Crippen MR) is 145 cm³/mol. The molecule has 1 aliphatic heterocycles. The van der Waals surface area contributed by atoms with Crippen LogP contribution in [0.5, 0.6) is 5.75 Å². The van der Waals surface area contributed by atoms with Crippen LogP contribution in [-0.2, 0) is 9.59 Å². The molecule has 0 radical (unpaired) electrons. The lowest BCUT2D eigenvalue weighted by atomic mass is 9.80. The summed E-state index contributed by atoms with van der Waals surface area (Å²) in [6, 6.07) is 22.4. The standard InChI is InChI=1S/C27H24N4O3S2/c1-17-24(26(33)31-18-7-4-3-5-8-18)25(22-9-6-14-35-22)21(15-28)27(29-17)36-16-23(32)30-19-10-12-20(34-2)13-11-19/h3-14,24-25H,16H2,1-2H3,(H,30,32)(H,31,33)/t24-,25+/m0/s1. The van der Waals surface area contributed by atoms with Gasteiger partial charge in [0.15, 0.2) is 0 Å². The van der Waals surface area contributed by atoms with Gasteiger partial charge in [-0.2, -0.15) is 5.26 Å². The molecule has 0 saturated heterocycles. The van der Waals surface area contributed by atoms with Gasteiger partial charge in [-0.1, -0.05) is 36.0 Å². The monoisotopic (exact) mass is 516 g/mol. The topological polar surface area (TPSA) is 104 Å². The van der Waals surface area contributed by atoms with Crippen LogP contribution >= 0.6 is 23.1 Å². The van der Waals surface area contributed by atoms with Crippen molar-refractivity contribution in [3.8, 4) is 11.8 Å². The smallest absolute Gasteiger partial charge is 0.234 e. The zero-order chi connectivity index (χ0) is 25.5. The van der Waals surface area contributed by atoms with Gasteiger partial charge in [0, 0.05) is 27.9 Å². The van der Waals surface area contributed by atoms with Crippen molar-refractivity contribution in [2.45, 2.75) is 12.8 Å². The fourth-order valence-corrected chi connectivity index (χ4v) is 5.67. The Kier molecular flexibility index (Phi) is 8.21. The summed E-state index contributed by atoms with van der Waals surface area (Å²) in [5.41, 5.74) is 2.31. The molecule has 36 heavy (non-hydrogen) atoms. The van der Waals surface area contributed by atoms with Crippen LogP contribution in [0.1, 0.15) is 17.7 Å². The first-order valence-corrected chi connectivity index (χ1v) is 13.0. The third kappa shape index (κ3) is 5.85. The van der Waals surface area contributed by atoms with Gasteiger partial charge in [-0.25, -0.2) is 4.99 Å². The lowest BCUT2D eigenvalue weighted by Crippen LogP contribution is -2.36. The summed E-state index contributed by atoms with van der Waals surface area (Å²) in [5.74, 6) is -0.807. The van der Waals surface area contributed by atoms with Crippen molar-refractivity contribution in [2.24, 2.45) is 10.9 Å². The second-order valence-electron chi connectivity index (χ2n) is 7.98. The maximum atomic E-state index is 13.4. The number of benzene rings is 2. The van der Waals surface area contributed by atoms with E-state index in [4.69, 9.17) is 4.74 Å². The maximum absolute atomic E-state index is 13.4. The Morgan fingerprint density at radius 1 is 1.06 bits per heavy atom. The number of thioether (sulfide) groups is 1. The average molecular weight is 517 g/mol. The fraction of sp³-hybridized carbons (Fsp3) is 0.185. The number of carbonyl (C=O) groups excluding carboxylic acids is 2. The minimum Gasteiger partial charge on any atom is -0.497 e. The summed E-state index contributed by atoms with van der Waals surface area (Å²) in [4.78, 5) is 31.5. The molecule has 9 heteroatoms. The zero-order valence-corrected chi connectivity index (χ0v) is 21.4. The molecule has 2 atom stereocenters. The normalized spacial score (nSPS) is 17.1. The van der Waals surface area contributed by atoms with E-state index in [9.17, 15) is 14.9 Å². The van der Waals surface area contributed by atoms with Gasteiger partial charge in [-0.3, -0.25) is 9.59 Å². The second-order valence-corrected chi connectivity index (χ2v) is 9.92. The van der Waals surface area contributed by atoms with E-state index in [1.54, 1.807) is 38.3 Å². The van der Waals surface area contributed by atoms with Crippen LogP contribution in [0.2, 0.25) is 0 Å². The van der Waals surface area contributed by atoms with Gasteiger partial charge in [0.2, 0.25) is 11.8 Å². The molecule has 2 aromatic carbocycles. The molecular weight excluding hydrogens is 492 g/mol. The molecule has 0 saturated carbocycles. The number of carbonyl (C=O) groups is 2. The number of rotatable bonds is 8. The van der Waals surface area contributed by atoms with Crippen molar-refractivity contribution < 1.29 is 14.3 Å². The number of methoxy groups -OCH3 is 1. The first-order chi connectivity index (χ1) is 17.5. The summed E-state index contributed by atoms with van der Waals surface area (Å²) in [7, 11) is 1.58. The number of nitrogens with one attached hydrogen (secondary N) is 2. The lowest BCUT2D eigenvalue weighted by Gasteiger charge is -2.30. The third-order valence-electron chi connectivity index (χ3n) is 5.61. The van der Waals surface area contributed by atoms with Crippen LogP contribution in [0.4, 0.5) is 11.4 Å². The minimum absolute atomic E-state index is 0.0708. The van der Waals surface area contributed by atoms with Crippen LogP contribution in [0, 0.1) is 17.2 Å². The van der Waals surface area contributed by atoms with E-state index in [0.717, 1.165) is 4.88 Å². The third-order valence-corrected chi connectivity index (χ3v) is 7.56. The van der Waals surface area contributed by atoms with Crippen LogP contribution in [-0.4, -0.2) is 30.4 Å². The number of nitriles is 1. The molecule has 2 heterocycles. The molecule has 182 valence electrons. The number of allylic oxidation sites excluding steroid dienone is 1. The number of para-hydroxylation sites is 1. The van der Waals surface area contributed by atoms with Crippen molar-refractivity contribution >= 4 is 52.0 Å². The quantitative estimate of drug-likeness (QED) is 0.401. The summed E-state index contributed by atoms with van der Waals surface area (Å²) >= 11 is 2.68. The Labute approximate surface area is 217 Å². The average Bonchev–Trinajstić information content (AvgIpc) is 3.42. The highest BCUT2D eigenvalue weighted by Crippen LogP contribution is 2.43. The molecule has 0 fully saturated rings. The van der Waals surface area contributed by atoms with Crippen molar-refractivity contribution in [1.82, 2.24) is 0 Å². The van der Waals surface area contributed by atoms with E-state index in [-0.39, 0.29) is 17.6 Å². The summed E-state index contributed by atoms with van der Waals surface area (Å²) in [6.07, 6.45) is 0. The van der Waals surface area contributed by atoms with E-state index in [0.29, 0.717) is 33.4 Å². The molecule has 3 aromatic rings. The predicted octanol–water partition coefficient (Wildman–Crippen LogP) is 5.68. The van der Waals surface area contributed by atoms with Gasteiger partial charge in [-0.15, -0.1) is 11.3 Å². The molecular formula is C27H24N4O3S2. The van der Waals surface area contributed by atoms with Crippen LogP contribution in [0.25, 0.3) is 0 Å². The Bertz CT molecular complexity index is 1330. The number of hydrogen-bond acceptors (Lipinski definition) is 7. The Morgan fingerprint density at radius 3 is 2.42 bits per heavy atom. The lowest BCUT2D eigenvalue weighted by molar-refractivity contribution is -0.118. The van der Waals surface area contributed by atoms with E-state index < -0.39 is 11.8 Å². The highest BCUT2D eigenvalue weighted by molar-refractivity contribution is 8.03. The number of anilines is 2. The molecule has 0 aliphatic carbocycles. The first kappa shape index (κ1) is 25.2. The van der Waals surface area contributed by atoms with Crippen molar-refractivity contribution in [1.29, 1.82) is 5.26 Å². The number of ether oxygens (including phenoxy) is 1. The fourth-order valence-electron chi connectivity index (χ4n) is 3.92. The molecule has 0 unspecified atom stereocenters. The number of aliphatic imine (C=N–C) groups is 1. The molecule has 2 N–H and O–H groups in total. The second kappa shape index (κ2) is 11.7. The van der Waals surface area contributed by atoms with E-state index in [1.165, 1.54) is 23.1 Å². The summed E-state index contributed by atoms with van der Waals surface area (Å²) < 4.78 is 5.14. The van der Waals surface area contributed by atoms with Gasteiger partial charge in [-0.05, 0) is 54.8 Å². The molecule has 1 aliphatic rings. The Hall–Kier alpha value is -3.87. The summed E-state index contributed by atoms with van der Waals surface area (Å²) in [5, 5.41) is 18.3. The molecule has 4 rings (SSSR count). The van der Waals surface area contributed by atoms with Crippen LogP contribution in [0.3, 0.4) is 0 Å². The van der Waals surface area contributed by atoms with E-state index in [2.05, 4.69) is 21.7 Å². The molecule has 2 amide bonds. The maximum Gasteiger partial charge on any atom is 0.234 e. The molecule has 7 nitrogen and oxygen atoms in total. The largest absolute Gasteiger partial charge is 0.497 e. The van der Waals surface area contributed by atoms with Gasteiger partial charge in [0.25, 0.3) is 0 Å². The van der Waals surface area contributed by atoms with Crippen molar-refractivity contribution in [3.05, 3.63) is 87.6 Å². The van der Waals surface area contributed by atoms with Gasteiger partial charge >= 0.3 is 0 Å². The summed E-state index contributed by atoms with van der Waals surface area (Å²) in [6.45, 7) is 1.79. The molecule has 0 spiro atoms. The van der Waals surface area contributed by atoms with Crippen LogP contribution < -0.4 is 15.4 Å². The number of thiophene rings is 1. The number of amides is 2. The van der Waals surface area contributed by atoms with Gasteiger partial charge in [0.1, 0.15) is 10.8 Å². The molecule has 1 aromatic heterocycles. The number of nitrogens with zero attached hydrogens (tertiary/aromatic N) is 2. The van der Waals surface area contributed by atoms with Gasteiger partial charge < -0.3 is 15.4 Å². The first-order valence-electron chi connectivity index (χ1n) is 11.2. The highest BCUT2D eigenvalue weighted by atomic mass is 32.2. The van der Waals surface area contributed by atoms with E-state index in [1.807, 2.05) is 47.8 Å². The Balaban J connectivity index is 1.55. The molecule has 0 bridgehead atoms. The highest BCUT2D eigenvalue weighted by Gasteiger charge is 2.40. The Morgan fingerprint density at radius 2 is 1.78 bits per heavy atom. The van der Waals surface area contributed by atoms with Crippen LogP contribution in [0.15, 0.2) is 87.7 Å². The van der Waals surface area contributed by atoms with Gasteiger partial charge in [0.05, 0.1) is 30.4 Å². The number of hydrogen-bond donors (Lipinski definition) is 2. The van der Waals surface area contributed by atoms with E-state index >= 15 is 0 Å². The minimum atomic E-state index is -0.643.